The van der Waals surface area contributed by atoms with Crippen LogP contribution < -0.4 is 10.0 Å². The van der Waals surface area contributed by atoms with Crippen LogP contribution in [0.2, 0.25) is 5.02 Å². The Kier molecular flexibility index (Phi) is 6.34. The van der Waals surface area contributed by atoms with Crippen molar-refractivity contribution in [2.45, 2.75) is 36.8 Å². The molecule has 0 saturated carbocycles. The quantitative estimate of drug-likeness (QED) is 0.552. The molecule has 0 aliphatic carbocycles. The maximum absolute atomic E-state index is 12.8. The van der Waals surface area contributed by atoms with Gasteiger partial charge in [0.15, 0.2) is 0 Å². The monoisotopic (exact) mass is 462 g/mol. The van der Waals surface area contributed by atoms with E-state index in [1.165, 1.54) is 18.2 Å². The van der Waals surface area contributed by atoms with Gasteiger partial charge in [-0.1, -0.05) is 29.8 Å². The number of ether oxygens (including phenoxy) is 1. The number of furan rings is 1. The van der Waals surface area contributed by atoms with Crippen LogP contribution in [0.25, 0.3) is 11.0 Å². The third-order valence-electron chi connectivity index (χ3n) is 5.23. The number of benzene rings is 2. The molecule has 1 saturated heterocycles. The highest BCUT2D eigenvalue weighted by Gasteiger charge is 2.24. The van der Waals surface area contributed by atoms with Crippen LogP contribution in [-0.2, 0) is 14.8 Å². The summed E-state index contributed by atoms with van der Waals surface area (Å²) in [7, 11) is -3.89. The summed E-state index contributed by atoms with van der Waals surface area (Å²) in [6, 6.07) is 13.2. The van der Waals surface area contributed by atoms with Crippen molar-refractivity contribution < 1.29 is 22.4 Å². The van der Waals surface area contributed by atoms with E-state index >= 15 is 0 Å². The SMILES string of the molecule is C[C@@H](NC(=O)c1ccc(Cl)c(S(=O)(=O)NC[C@H]2CCCO2)c1)c1cc2ccccc2o1. The van der Waals surface area contributed by atoms with Crippen LogP contribution in [0.15, 0.2) is 57.8 Å². The molecule has 1 aliphatic heterocycles. The number of carbonyl (C=O) groups excluding carboxylic acids is 1. The largest absolute Gasteiger partial charge is 0.459 e. The van der Waals surface area contributed by atoms with Crippen molar-refractivity contribution in [3.63, 3.8) is 0 Å². The smallest absolute Gasteiger partial charge is 0.251 e. The van der Waals surface area contributed by atoms with Crippen molar-refractivity contribution >= 4 is 38.5 Å². The van der Waals surface area contributed by atoms with Gasteiger partial charge < -0.3 is 14.5 Å². The molecule has 0 spiro atoms. The lowest BCUT2D eigenvalue weighted by Gasteiger charge is -2.14. The average molecular weight is 463 g/mol. The Morgan fingerprint density at radius 1 is 1.23 bits per heavy atom. The van der Waals surface area contributed by atoms with E-state index in [2.05, 4.69) is 10.0 Å². The number of hydrogen-bond acceptors (Lipinski definition) is 5. The zero-order valence-electron chi connectivity index (χ0n) is 16.9. The number of hydrogen-bond donors (Lipinski definition) is 2. The molecule has 1 amide bonds. The van der Waals surface area contributed by atoms with Crippen molar-refractivity contribution in [2.24, 2.45) is 0 Å². The molecule has 0 unspecified atom stereocenters. The summed E-state index contributed by atoms with van der Waals surface area (Å²) in [5, 5.41) is 3.82. The predicted molar refractivity (Wildman–Crippen MR) is 118 cm³/mol. The first kappa shape index (κ1) is 21.8. The average Bonchev–Trinajstić information content (AvgIpc) is 3.42. The van der Waals surface area contributed by atoms with Crippen molar-refractivity contribution in [1.29, 1.82) is 0 Å². The second kappa shape index (κ2) is 9.00. The van der Waals surface area contributed by atoms with Crippen molar-refractivity contribution in [2.75, 3.05) is 13.2 Å². The maximum atomic E-state index is 12.8. The lowest BCUT2D eigenvalue weighted by molar-refractivity contribution is 0.0935. The second-order valence-corrected chi connectivity index (χ2v) is 9.66. The molecule has 2 N–H and O–H groups in total. The van der Waals surface area contributed by atoms with Crippen LogP contribution >= 0.6 is 11.6 Å². The van der Waals surface area contributed by atoms with E-state index in [4.69, 9.17) is 20.8 Å². The Hall–Kier alpha value is -2.39. The third-order valence-corrected chi connectivity index (χ3v) is 7.13. The van der Waals surface area contributed by atoms with Gasteiger partial charge in [0.05, 0.1) is 17.2 Å². The molecular weight excluding hydrogens is 440 g/mol. The highest BCUT2D eigenvalue weighted by Crippen LogP contribution is 2.26. The number of sulfonamides is 1. The minimum atomic E-state index is -3.89. The van der Waals surface area contributed by atoms with E-state index in [0.29, 0.717) is 12.4 Å². The highest BCUT2D eigenvalue weighted by molar-refractivity contribution is 7.89. The van der Waals surface area contributed by atoms with Crippen molar-refractivity contribution in [3.8, 4) is 0 Å². The molecule has 1 aliphatic rings. The number of rotatable bonds is 7. The van der Waals surface area contributed by atoms with E-state index in [-0.39, 0.29) is 28.1 Å². The second-order valence-electron chi connectivity index (χ2n) is 7.51. The van der Waals surface area contributed by atoms with E-state index < -0.39 is 22.0 Å². The first-order valence-electron chi connectivity index (χ1n) is 10.0. The van der Waals surface area contributed by atoms with Gasteiger partial charge in [0.1, 0.15) is 16.2 Å². The fourth-order valence-corrected chi connectivity index (χ4v) is 5.09. The molecule has 9 heteroatoms. The summed E-state index contributed by atoms with van der Waals surface area (Å²) in [5.74, 6) is 0.176. The third kappa shape index (κ3) is 4.93. The zero-order valence-corrected chi connectivity index (χ0v) is 18.5. The Morgan fingerprint density at radius 2 is 2.03 bits per heavy atom. The molecule has 0 bridgehead atoms. The summed E-state index contributed by atoms with van der Waals surface area (Å²) in [5.41, 5.74) is 0.917. The Labute approximate surface area is 185 Å². The Bertz CT molecular complexity index is 1170. The molecule has 2 aromatic carbocycles. The van der Waals surface area contributed by atoms with E-state index in [1.54, 1.807) is 6.92 Å². The van der Waals surface area contributed by atoms with Crippen LogP contribution in [0.5, 0.6) is 0 Å². The lowest BCUT2D eigenvalue weighted by atomic mass is 10.1. The first-order chi connectivity index (χ1) is 14.8. The maximum Gasteiger partial charge on any atom is 0.251 e. The molecule has 0 radical (unpaired) electrons. The van der Waals surface area contributed by atoms with E-state index in [9.17, 15) is 13.2 Å². The van der Waals surface area contributed by atoms with Gasteiger partial charge in [0.25, 0.3) is 5.91 Å². The minimum Gasteiger partial charge on any atom is -0.459 e. The molecule has 2 atom stereocenters. The number of nitrogens with one attached hydrogen (secondary N) is 2. The summed E-state index contributed by atoms with van der Waals surface area (Å²) in [6.45, 7) is 2.59. The van der Waals surface area contributed by atoms with Gasteiger partial charge in [-0.25, -0.2) is 13.1 Å². The highest BCUT2D eigenvalue weighted by atomic mass is 35.5. The van der Waals surface area contributed by atoms with Gasteiger partial charge in [-0.05, 0) is 50.1 Å². The van der Waals surface area contributed by atoms with Crippen molar-refractivity contribution in [3.05, 3.63) is 64.9 Å². The van der Waals surface area contributed by atoms with Crippen LogP contribution in [0, 0.1) is 0 Å². The van der Waals surface area contributed by atoms with Gasteiger partial charge in [0, 0.05) is 24.1 Å². The molecule has 1 fully saturated rings. The predicted octanol–water partition coefficient (Wildman–Crippen LogP) is 4.03. The van der Waals surface area contributed by atoms with Gasteiger partial charge in [-0.15, -0.1) is 0 Å². The number of halogens is 1. The van der Waals surface area contributed by atoms with Crippen LogP contribution in [0.4, 0.5) is 0 Å². The van der Waals surface area contributed by atoms with Crippen molar-refractivity contribution in [1.82, 2.24) is 10.0 Å². The van der Waals surface area contributed by atoms with Gasteiger partial charge in [-0.2, -0.15) is 0 Å². The topological polar surface area (TPSA) is 97.6 Å². The number of amides is 1. The van der Waals surface area contributed by atoms with E-state index in [1.807, 2.05) is 30.3 Å². The van der Waals surface area contributed by atoms with E-state index in [0.717, 1.165) is 23.8 Å². The molecular formula is C22H23ClN2O5S. The molecule has 3 aromatic rings. The first-order valence-corrected chi connectivity index (χ1v) is 11.9. The molecule has 31 heavy (non-hydrogen) atoms. The fraction of sp³-hybridized carbons (Fsp3) is 0.318. The summed E-state index contributed by atoms with van der Waals surface area (Å²) in [6.07, 6.45) is 1.56. The molecule has 1 aromatic heterocycles. The number of fused-ring (bicyclic) bond motifs is 1. The minimum absolute atomic E-state index is 0.0433. The fourth-order valence-electron chi connectivity index (χ4n) is 3.50. The molecule has 2 heterocycles. The van der Waals surface area contributed by atoms with Gasteiger partial charge in [0.2, 0.25) is 10.0 Å². The van der Waals surface area contributed by atoms with Crippen LogP contribution in [0.3, 0.4) is 0 Å². The molecule has 164 valence electrons. The standard InChI is InChI=1S/C22H23ClN2O5S/c1-14(20-11-15-5-2-3-7-19(15)30-20)25-22(26)16-8-9-18(23)21(12-16)31(27,28)24-13-17-6-4-10-29-17/h2-3,5,7-9,11-12,14,17,24H,4,6,10,13H2,1H3,(H,25,26)/t14-,17-/m1/s1. The Balaban J connectivity index is 1.49. The normalized spacial score (nSPS) is 17.7. The molecule has 7 nitrogen and oxygen atoms in total. The summed E-state index contributed by atoms with van der Waals surface area (Å²) in [4.78, 5) is 12.6. The van der Waals surface area contributed by atoms with Gasteiger partial charge in [-0.3, -0.25) is 4.79 Å². The van der Waals surface area contributed by atoms with Crippen LogP contribution in [0.1, 0.15) is 41.9 Å². The zero-order chi connectivity index (χ0) is 22.0. The molecule has 4 rings (SSSR count). The lowest BCUT2D eigenvalue weighted by Crippen LogP contribution is -2.32. The van der Waals surface area contributed by atoms with Gasteiger partial charge >= 0.3 is 0 Å². The number of carbonyl (C=O) groups is 1. The summed E-state index contributed by atoms with van der Waals surface area (Å²) < 4.78 is 39.2. The number of para-hydroxylation sites is 1. The van der Waals surface area contributed by atoms with Crippen LogP contribution in [-0.4, -0.2) is 33.6 Å². The Morgan fingerprint density at radius 3 is 2.77 bits per heavy atom. The summed E-state index contributed by atoms with van der Waals surface area (Å²) >= 11 is 6.13.